The van der Waals surface area contributed by atoms with Crippen LogP contribution in [0, 0.1) is 0 Å². The molecule has 3 rings (SSSR count). The van der Waals surface area contributed by atoms with Crippen LogP contribution in [0.25, 0.3) is 0 Å². The molecular formula is C17H20GeO. The zero-order chi connectivity index (χ0) is 13.7. The molecule has 2 heteroatoms. The Hall–Kier alpha value is -1.22. The first kappa shape index (κ1) is 12.8. The monoisotopic (exact) mass is 314 g/mol. The van der Waals surface area contributed by atoms with E-state index in [-0.39, 0.29) is 0 Å². The van der Waals surface area contributed by atoms with E-state index in [1.54, 1.807) is 0 Å². The van der Waals surface area contributed by atoms with Crippen LogP contribution in [0.15, 0.2) is 48.5 Å². The number of fused-ring (bicyclic) bond motifs is 2. The van der Waals surface area contributed by atoms with Gasteiger partial charge in [-0.05, 0) is 0 Å². The molecule has 1 aliphatic rings. The van der Waals surface area contributed by atoms with Crippen LogP contribution in [0.4, 0.5) is 0 Å². The second-order valence-corrected chi connectivity index (χ2v) is 16.6. The third-order valence-electron chi connectivity index (χ3n) is 4.57. The van der Waals surface area contributed by atoms with Crippen molar-refractivity contribution in [3.05, 3.63) is 48.5 Å². The molecule has 1 heterocycles. The van der Waals surface area contributed by atoms with Gasteiger partial charge in [-0.15, -0.1) is 0 Å². The summed E-state index contributed by atoms with van der Waals surface area (Å²) in [4.78, 5) is 0. The molecule has 0 spiro atoms. The van der Waals surface area contributed by atoms with Gasteiger partial charge in [0.15, 0.2) is 0 Å². The van der Waals surface area contributed by atoms with Crippen molar-refractivity contribution in [1.29, 1.82) is 0 Å². The molecule has 0 fully saturated rings. The molecule has 0 unspecified atom stereocenters. The van der Waals surface area contributed by atoms with Gasteiger partial charge < -0.3 is 0 Å². The number of rotatable bonds is 0. The van der Waals surface area contributed by atoms with Crippen molar-refractivity contribution in [1.82, 2.24) is 0 Å². The van der Waals surface area contributed by atoms with Gasteiger partial charge in [-0.3, -0.25) is 0 Å². The number of hydrogen-bond donors (Lipinski definition) is 0. The van der Waals surface area contributed by atoms with E-state index < -0.39 is 13.3 Å². The van der Waals surface area contributed by atoms with E-state index in [9.17, 15) is 0 Å². The molecule has 0 atom stereocenters. The van der Waals surface area contributed by atoms with Gasteiger partial charge in [0.2, 0.25) is 0 Å². The zero-order valence-corrected chi connectivity index (χ0v) is 14.1. The molecule has 19 heavy (non-hydrogen) atoms. The fourth-order valence-electron chi connectivity index (χ4n) is 3.01. The molecule has 0 saturated heterocycles. The predicted octanol–water partition coefficient (Wildman–Crippen LogP) is 3.79. The van der Waals surface area contributed by atoms with Crippen LogP contribution >= 0.6 is 0 Å². The number of para-hydroxylation sites is 2. The Morgan fingerprint density at radius 2 is 1.21 bits per heavy atom. The van der Waals surface area contributed by atoms with Crippen LogP contribution in [-0.4, -0.2) is 13.3 Å². The second kappa shape index (κ2) is 4.14. The van der Waals surface area contributed by atoms with Crippen LogP contribution in [0.1, 0.15) is 20.8 Å². The van der Waals surface area contributed by atoms with Gasteiger partial charge >= 0.3 is 118 Å². The Labute approximate surface area is 118 Å². The van der Waals surface area contributed by atoms with Gasteiger partial charge in [-0.25, -0.2) is 0 Å². The van der Waals surface area contributed by atoms with E-state index in [0.29, 0.717) is 4.25 Å². The molecule has 0 bridgehead atoms. The van der Waals surface area contributed by atoms with Crippen molar-refractivity contribution in [3.8, 4) is 11.5 Å². The fourth-order valence-corrected chi connectivity index (χ4v) is 11.4. The molecule has 0 saturated carbocycles. The van der Waals surface area contributed by atoms with E-state index in [1.807, 2.05) is 0 Å². The van der Waals surface area contributed by atoms with Crippen molar-refractivity contribution in [2.24, 2.45) is 0 Å². The van der Waals surface area contributed by atoms with Crippen LogP contribution in [-0.2, 0) is 0 Å². The third kappa shape index (κ3) is 1.75. The number of ether oxygens (including phenoxy) is 1. The zero-order valence-electron chi connectivity index (χ0n) is 12.0. The molecule has 0 aromatic heterocycles. The van der Waals surface area contributed by atoms with Gasteiger partial charge in [0.1, 0.15) is 0 Å². The molecular weight excluding hydrogens is 293 g/mol. The number of benzene rings is 2. The summed E-state index contributed by atoms with van der Waals surface area (Å²) in [6.45, 7) is 7.14. The van der Waals surface area contributed by atoms with Crippen LogP contribution in [0.5, 0.6) is 11.5 Å². The number of hydrogen-bond acceptors (Lipinski definition) is 1. The van der Waals surface area contributed by atoms with E-state index in [4.69, 9.17) is 4.74 Å². The molecule has 1 aliphatic heterocycles. The molecule has 0 amide bonds. The summed E-state index contributed by atoms with van der Waals surface area (Å²) in [5, 5.41) is 0. The van der Waals surface area contributed by atoms with Crippen LogP contribution in [0.2, 0.25) is 10.0 Å². The predicted molar refractivity (Wildman–Crippen MR) is 83.6 cm³/mol. The normalized spacial score (nSPS) is 16.2. The maximum atomic E-state index is 6.11. The van der Waals surface area contributed by atoms with Crippen molar-refractivity contribution >= 4 is 22.1 Å². The van der Waals surface area contributed by atoms with Crippen molar-refractivity contribution in [2.45, 2.75) is 30.8 Å². The van der Waals surface area contributed by atoms with Gasteiger partial charge in [-0.2, -0.15) is 0 Å². The Balaban J connectivity index is 2.35. The van der Waals surface area contributed by atoms with Gasteiger partial charge in [-0.1, -0.05) is 0 Å². The minimum absolute atomic E-state index is 0.302. The Morgan fingerprint density at radius 1 is 0.789 bits per heavy atom. The van der Waals surface area contributed by atoms with Crippen molar-refractivity contribution < 1.29 is 4.74 Å². The molecule has 0 aliphatic carbocycles. The SMILES string of the molecule is C[C](C)(C)[Ge]1([CH3])[c]2ccccc2Oc2cccc[c]21. The summed E-state index contributed by atoms with van der Waals surface area (Å²) >= 11 is -2.42. The van der Waals surface area contributed by atoms with E-state index in [1.165, 1.54) is 8.79 Å². The quantitative estimate of drug-likeness (QED) is 0.673. The van der Waals surface area contributed by atoms with E-state index in [0.717, 1.165) is 11.5 Å². The Bertz CT molecular complexity index is 580. The van der Waals surface area contributed by atoms with Crippen molar-refractivity contribution in [2.75, 3.05) is 0 Å². The third-order valence-corrected chi connectivity index (χ3v) is 17.1. The molecule has 0 radical (unpaired) electrons. The molecule has 0 N–H and O–H groups in total. The summed E-state index contributed by atoms with van der Waals surface area (Å²) in [5.74, 6) is 4.65. The van der Waals surface area contributed by atoms with E-state index in [2.05, 4.69) is 75.1 Å². The molecule has 2 aromatic carbocycles. The first-order valence-corrected chi connectivity index (χ1v) is 12.1. The molecule has 98 valence electrons. The molecule has 1 nitrogen and oxygen atoms in total. The summed E-state index contributed by atoms with van der Waals surface area (Å²) in [6, 6.07) is 17.2. The van der Waals surface area contributed by atoms with Gasteiger partial charge in [0.05, 0.1) is 0 Å². The summed E-state index contributed by atoms with van der Waals surface area (Å²) < 4.78 is 9.35. The topological polar surface area (TPSA) is 9.23 Å². The second-order valence-electron chi connectivity index (χ2n) is 6.47. The maximum absolute atomic E-state index is 6.11. The Morgan fingerprint density at radius 3 is 1.63 bits per heavy atom. The fraction of sp³-hybridized carbons (Fsp3) is 0.294. The average molecular weight is 313 g/mol. The average Bonchev–Trinajstić information content (AvgIpc) is 2.38. The minimum atomic E-state index is -2.42. The van der Waals surface area contributed by atoms with Crippen molar-refractivity contribution in [3.63, 3.8) is 0 Å². The first-order chi connectivity index (χ1) is 8.94. The van der Waals surface area contributed by atoms with E-state index >= 15 is 0 Å². The first-order valence-electron chi connectivity index (χ1n) is 6.81. The standard InChI is InChI=1S/C17H20GeO/c1-17(2,3)18(4)13-9-5-7-11-15(13)19-16-12-8-6-10-14(16)18/h5-12H,1-4H3. The van der Waals surface area contributed by atoms with Crippen LogP contribution in [0.3, 0.4) is 0 Å². The summed E-state index contributed by atoms with van der Waals surface area (Å²) in [7, 11) is 0. The Kier molecular flexibility index (Phi) is 2.79. The summed E-state index contributed by atoms with van der Waals surface area (Å²) in [5.41, 5.74) is 0. The summed E-state index contributed by atoms with van der Waals surface area (Å²) in [6.07, 6.45) is 0. The van der Waals surface area contributed by atoms with Gasteiger partial charge in [0, 0.05) is 0 Å². The van der Waals surface area contributed by atoms with Gasteiger partial charge in [0.25, 0.3) is 0 Å². The van der Waals surface area contributed by atoms with Crippen LogP contribution < -0.4 is 13.5 Å². The molecule has 2 aromatic rings.